The number of thiocarbonyl (C=S) groups is 1. The van der Waals surface area contributed by atoms with Crippen LogP contribution in [0.5, 0.6) is 23.0 Å². The van der Waals surface area contributed by atoms with Gasteiger partial charge in [0.1, 0.15) is 11.5 Å². The van der Waals surface area contributed by atoms with Crippen molar-refractivity contribution in [2.75, 3.05) is 44.4 Å². The van der Waals surface area contributed by atoms with Crippen LogP contribution >= 0.6 is 35.4 Å². The van der Waals surface area contributed by atoms with Crippen molar-refractivity contribution in [2.45, 2.75) is 0 Å². The van der Waals surface area contributed by atoms with Crippen LogP contribution in [0.2, 0.25) is 0 Å². The average Bonchev–Trinajstić information content (AvgIpc) is 2.84. The van der Waals surface area contributed by atoms with Crippen molar-refractivity contribution in [2.24, 2.45) is 0 Å². The van der Waals surface area contributed by atoms with Gasteiger partial charge in [-0.05, 0) is 48.6 Å². The number of ether oxygens (including phenoxy) is 3. The highest BCUT2D eigenvalue weighted by Crippen LogP contribution is 2.36. The van der Waals surface area contributed by atoms with E-state index in [2.05, 4.69) is 15.6 Å². The fourth-order valence-corrected chi connectivity index (χ4v) is 3.74. The highest BCUT2D eigenvalue weighted by atomic mass is 35.5. The van der Waals surface area contributed by atoms with Gasteiger partial charge in [0, 0.05) is 48.2 Å². The maximum atomic E-state index is 12.3. The van der Waals surface area contributed by atoms with Gasteiger partial charge in [0.15, 0.2) is 16.6 Å². The number of carbonyl (C=O) groups is 1. The van der Waals surface area contributed by atoms with E-state index < -0.39 is 0 Å². The molecule has 34 heavy (non-hydrogen) atoms. The fraction of sp³-hybridized carbons (Fsp3) is 0.261. The molecule has 1 heterocycles. The number of amides is 2. The van der Waals surface area contributed by atoms with Gasteiger partial charge in [0.2, 0.25) is 0 Å². The van der Waals surface area contributed by atoms with Crippen molar-refractivity contribution in [3.63, 3.8) is 0 Å². The van der Waals surface area contributed by atoms with Gasteiger partial charge < -0.3 is 24.4 Å². The predicted molar refractivity (Wildman–Crippen MR) is 139 cm³/mol. The number of hydrogen-bond acceptors (Lipinski definition) is 6. The van der Waals surface area contributed by atoms with Gasteiger partial charge in [0.25, 0.3) is 0 Å². The smallest absolute Gasteiger partial charge is 0.323 e. The summed E-state index contributed by atoms with van der Waals surface area (Å²) in [5, 5.41) is 6.54. The molecule has 2 N–H and O–H groups in total. The Morgan fingerprint density at radius 3 is 2.26 bits per heavy atom. The first-order valence-corrected chi connectivity index (χ1v) is 11.7. The SMILES string of the molecule is COc1cc2nccc(Oc3ccc(NC(=S)NC(=O)N(CCCl)CCCl)cc3)c2cc1OC. The second kappa shape index (κ2) is 12.5. The maximum Gasteiger partial charge on any atom is 0.323 e. The van der Waals surface area contributed by atoms with Crippen LogP contribution in [0, 0.1) is 0 Å². The summed E-state index contributed by atoms with van der Waals surface area (Å²) in [5.41, 5.74) is 1.40. The third-order valence-corrected chi connectivity index (χ3v) is 5.31. The number of benzene rings is 2. The molecule has 1 aromatic heterocycles. The molecule has 8 nitrogen and oxygen atoms in total. The number of nitrogens with zero attached hydrogens (tertiary/aromatic N) is 2. The molecule has 0 aliphatic carbocycles. The number of urea groups is 1. The van der Waals surface area contributed by atoms with Crippen LogP contribution in [-0.2, 0) is 0 Å². The molecule has 0 atom stereocenters. The van der Waals surface area contributed by atoms with Gasteiger partial charge in [-0.2, -0.15) is 0 Å². The molecular weight excluding hydrogens is 499 g/mol. The van der Waals surface area contributed by atoms with Gasteiger partial charge in [-0.1, -0.05) is 0 Å². The first-order chi connectivity index (χ1) is 16.5. The second-order valence-corrected chi connectivity index (χ2v) is 8.07. The highest BCUT2D eigenvalue weighted by Gasteiger charge is 2.14. The molecule has 0 fully saturated rings. The molecule has 11 heteroatoms. The third-order valence-electron chi connectivity index (χ3n) is 4.76. The zero-order chi connectivity index (χ0) is 24.5. The number of aromatic nitrogens is 1. The number of anilines is 1. The number of methoxy groups -OCH3 is 2. The van der Waals surface area contributed by atoms with Gasteiger partial charge in [-0.15, -0.1) is 23.2 Å². The van der Waals surface area contributed by atoms with Crippen molar-refractivity contribution in [1.29, 1.82) is 0 Å². The molecule has 3 aromatic rings. The number of pyridine rings is 1. The van der Waals surface area contributed by atoms with Crippen LogP contribution in [0.15, 0.2) is 48.7 Å². The predicted octanol–water partition coefficient (Wildman–Crippen LogP) is 5.23. The fourth-order valence-electron chi connectivity index (χ4n) is 3.13. The van der Waals surface area contributed by atoms with E-state index in [1.54, 1.807) is 56.8 Å². The van der Waals surface area contributed by atoms with Crippen molar-refractivity contribution >= 4 is 63.2 Å². The summed E-state index contributed by atoms with van der Waals surface area (Å²) in [6, 6.07) is 12.2. The molecule has 0 saturated heterocycles. The number of rotatable bonds is 9. The van der Waals surface area contributed by atoms with E-state index in [0.29, 0.717) is 59.1 Å². The van der Waals surface area contributed by atoms with E-state index in [0.717, 1.165) is 5.39 Å². The summed E-state index contributed by atoms with van der Waals surface area (Å²) in [4.78, 5) is 18.2. The molecule has 180 valence electrons. The van der Waals surface area contributed by atoms with Crippen LogP contribution in [-0.4, -0.2) is 60.1 Å². The summed E-state index contributed by atoms with van der Waals surface area (Å²) < 4.78 is 16.8. The monoisotopic (exact) mass is 522 g/mol. The van der Waals surface area contributed by atoms with Crippen molar-refractivity contribution < 1.29 is 19.0 Å². The van der Waals surface area contributed by atoms with Gasteiger partial charge in [-0.3, -0.25) is 10.3 Å². The Balaban J connectivity index is 1.68. The van der Waals surface area contributed by atoms with Crippen LogP contribution in [0.4, 0.5) is 10.5 Å². The molecule has 0 unspecified atom stereocenters. The van der Waals surface area contributed by atoms with E-state index in [1.165, 1.54) is 4.90 Å². The number of fused-ring (bicyclic) bond motifs is 1. The molecule has 0 aliphatic heterocycles. The summed E-state index contributed by atoms with van der Waals surface area (Å²) >= 11 is 16.7. The number of carbonyl (C=O) groups excluding carboxylic acids is 1. The minimum Gasteiger partial charge on any atom is -0.493 e. The third kappa shape index (κ3) is 6.53. The van der Waals surface area contributed by atoms with Gasteiger partial charge >= 0.3 is 6.03 Å². The number of hydrogen-bond donors (Lipinski definition) is 2. The minimum absolute atomic E-state index is 0.161. The summed E-state index contributed by atoms with van der Waals surface area (Å²) in [6.07, 6.45) is 1.67. The summed E-state index contributed by atoms with van der Waals surface area (Å²) in [5.74, 6) is 3.01. The molecule has 3 rings (SSSR count). The zero-order valence-corrected chi connectivity index (χ0v) is 21.0. The Morgan fingerprint density at radius 2 is 1.65 bits per heavy atom. The molecule has 0 spiro atoms. The molecule has 0 radical (unpaired) electrons. The van der Waals surface area contributed by atoms with E-state index in [4.69, 9.17) is 49.6 Å². The Morgan fingerprint density at radius 1 is 1.00 bits per heavy atom. The topological polar surface area (TPSA) is 85.0 Å². The normalized spacial score (nSPS) is 10.5. The molecule has 2 aromatic carbocycles. The lowest BCUT2D eigenvalue weighted by molar-refractivity contribution is 0.209. The van der Waals surface area contributed by atoms with E-state index in [1.807, 2.05) is 6.07 Å². The Kier molecular flexibility index (Phi) is 9.38. The van der Waals surface area contributed by atoms with Crippen LogP contribution < -0.4 is 24.8 Å². The van der Waals surface area contributed by atoms with Crippen molar-refractivity contribution in [3.8, 4) is 23.0 Å². The molecule has 0 bridgehead atoms. The Labute approximate surface area is 213 Å². The minimum atomic E-state index is -0.365. The van der Waals surface area contributed by atoms with Crippen molar-refractivity contribution in [1.82, 2.24) is 15.2 Å². The molecule has 2 amide bonds. The summed E-state index contributed by atoms with van der Waals surface area (Å²) in [6.45, 7) is 0.744. The van der Waals surface area contributed by atoms with Crippen LogP contribution in [0.1, 0.15) is 0 Å². The standard InChI is InChI=1S/C23H24Cl2N4O4S/c1-31-20-13-17-18(14-21(20)32-2)26-10-7-19(17)33-16-5-3-15(4-6-16)27-22(34)28-23(30)29(11-8-24)12-9-25/h3-7,10,13-14H,8-9,11-12H2,1-2H3,(H2,27,28,30,34). The summed E-state index contributed by atoms with van der Waals surface area (Å²) in [7, 11) is 3.15. The maximum absolute atomic E-state index is 12.3. The highest BCUT2D eigenvalue weighted by molar-refractivity contribution is 7.80. The number of alkyl halides is 2. The second-order valence-electron chi connectivity index (χ2n) is 6.91. The quantitative estimate of drug-likeness (QED) is 0.294. The lowest BCUT2D eigenvalue weighted by Gasteiger charge is -2.21. The van der Waals surface area contributed by atoms with E-state index in [-0.39, 0.29) is 11.1 Å². The molecular formula is C23H24Cl2N4O4S. The van der Waals surface area contributed by atoms with Crippen LogP contribution in [0.25, 0.3) is 10.9 Å². The van der Waals surface area contributed by atoms with Gasteiger partial charge in [-0.25, -0.2) is 4.79 Å². The molecule has 0 saturated carbocycles. The Hall–Kier alpha value is -3.01. The Bertz CT molecular complexity index is 1140. The molecule has 0 aliphatic rings. The zero-order valence-electron chi connectivity index (χ0n) is 18.6. The van der Waals surface area contributed by atoms with Crippen molar-refractivity contribution in [3.05, 3.63) is 48.7 Å². The number of nitrogens with one attached hydrogen (secondary N) is 2. The van der Waals surface area contributed by atoms with E-state index >= 15 is 0 Å². The first kappa shape index (κ1) is 25.6. The first-order valence-electron chi connectivity index (χ1n) is 10.3. The van der Waals surface area contributed by atoms with Gasteiger partial charge in [0.05, 0.1) is 19.7 Å². The largest absolute Gasteiger partial charge is 0.493 e. The lowest BCUT2D eigenvalue weighted by atomic mass is 10.2. The van der Waals surface area contributed by atoms with E-state index in [9.17, 15) is 4.79 Å². The van der Waals surface area contributed by atoms with Crippen LogP contribution in [0.3, 0.4) is 0 Å². The lowest BCUT2D eigenvalue weighted by Crippen LogP contribution is -2.45. The average molecular weight is 523 g/mol. The number of halogens is 2.